The number of nitrogens with zero attached hydrogens (tertiary/aromatic N) is 4. The molecule has 1 aliphatic carbocycles. The van der Waals surface area contributed by atoms with Gasteiger partial charge in [-0.15, -0.1) is 53.1 Å². The zero-order valence-electron chi connectivity index (χ0n) is 22.4. The van der Waals surface area contributed by atoms with Gasteiger partial charge in [-0.25, -0.2) is 0 Å². The second kappa shape index (κ2) is 10.6. The molecule has 0 fully saturated rings. The Balaban J connectivity index is 0.000000187. The van der Waals surface area contributed by atoms with Crippen molar-refractivity contribution in [3.05, 3.63) is 126 Å². The standard InChI is InChI=1S/C22H18N3.C12H10N.Ir/c1-22(2)18-13-15(10-11-16(18)17-7-6-12-23-21(17)22)25-14-24(3)19-8-4-5-9-20(19)25;1-10-7-8-12(13-9-10)11-5-3-2-4-6-11;/h4-9,11-13H,1-3H3;2-5,7-9H,1H3;/q+1;-1;. The third-order valence-corrected chi connectivity index (χ3v) is 7.17. The monoisotopic (exact) mass is 685 g/mol. The van der Waals surface area contributed by atoms with E-state index in [0.29, 0.717) is 0 Å². The Bertz CT molecular complexity index is 1730. The van der Waals surface area contributed by atoms with Gasteiger partial charge in [-0.05, 0) is 24.2 Å². The van der Waals surface area contributed by atoms with Crippen LogP contribution in [0.3, 0.4) is 0 Å². The van der Waals surface area contributed by atoms with Gasteiger partial charge in [0.05, 0.1) is 0 Å². The average Bonchev–Trinajstić information content (AvgIpc) is 3.41. The predicted molar refractivity (Wildman–Crippen MR) is 153 cm³/mol. The van der Waals surface area contributed by atoms with Crippen LogP contribution in [0.25, 0.3) is 22.4 Å². The van der Waals surface area contributed by atoms with Gasteiger partial charge in [0.25, 0.3) is 11.4 Å². The first-order valence-corrected chi connectivity index (χ1v) is 12.7. The molecule has 0 N–H and O–H groups in total. The molecule has 0 atom stereocenters. The fourth-order valence-electron chi connectivity index (χ4n) is 5.16. The molecule has 0 unspecified atom stereocenters. The van der Waals surface area contributed by atoms with E-state index in [9.17, 15) is 0 Å². The van der Waals surface area contributed by atoms with Gasteiger partial charge in [0.15, 0.2) is 7.05 Å². The van der Waals surface area contributed by atoms with Gasteiger partial charge in [-0.3, -0.25) is 4.98 Å². The Kier molecular flexibility index (Phi) is 7.25. The van der Waals surface area contributed by atoms with Crippen LogP contribution in [0, 0.1) is 19.1 Å². The van der Waals surface area contributed by atoms with E-state index >= 15 is 0 Å². The summed E-state index contributed by atoms with van der Waals surface area (Å²) in [7, 11) is 2.02. The Morgan fingerprint density at radius 2 is 1.64 bits per heavy atom. The fourth-order valence-corrected chi connectivity index (χ4v) is 5.16. The van der Waals surface area contributed by atoms with Crippen molar-refractivity contribution >= 4 is 23.1 Å². The summed E-state index contributed by atoms with van der Waals surface area (Å²) in [6, 6.07) is 38.8. The number of fused-ring (bicyclic) bond motifs is 4. The Morgan fingerprint density at radius 3 is 2.38 bits per heavy atom. The van der Waals surface area contributed by atoms with E-state index in [2.05, 4.69) is 95.1 Å². The summed E-state index contributed by atoms with van der Waals surface area (Å²) in [5, 5.41) is 0. The topological polar surface area (TPSA) is 31.8 Å². The maximum absolute atomic E-state index is 4.65. The van der Waals surface area contributed by atoms with E-state index in [4.69, 9.17) is 0 Å². The molecule has 7 rings (SSSR count). The largest absolute Gasteiger partial charge is 0.494 e. The van der Waals surface area contributed by atoms with E-state index in [-0.39, 0.29) is 25.5 Å². The van der Waals surface area contributed by atoms with Crippen molar-refractivity contribution in [1.29, 1.82) is 0 Å². The molecule has 5 aromatic rings. The van der Waals surface area contributed by atoms with Crippen LogP contribution in [0.2, 0.25) is 0 Å². The zero-order valence-corrected chi connectivity index (χ0v) is 24.8. The van der Waals surface area contributed by atoms with Gasteiger partial charge in [-0.1, -0.05) is 65.0 Å². The molecule has 1 aliphatic heterocycles. The Morgan fingerprint density at radius 1 is 0.846 bits per heavy atom. The van der Waals surface area contributed by atoms with Crippen LogP contribution in [0.5, 0.6) is 0 Å². The second-order valence-electron chi connectivity index (χ2n) is 10.2. The summed E-state index contributed by atoms with van der Waals surface area (Å²) >= 11 is 0. The summed E-state index contributed by atoms with van der Waals surface area (Å²) in [6.07, 6.45) is 3.75. The summed E-state index contributed by atoms with van der Waals surface area (Å²) in [5.74, 6) is 0. The normalized spacial score (nSPS) is 13.5. The van der Waals surface area contributed by atoms with E-state index in [1.54, 1.807) is 0 Å². The molecular formula is C34H28IrN4. The molecule has 2 aromatic heterocycles. The van der Waals surface area contributed by atoms with Crippen LogP contribution in [-0.4, -0.2) is 27.6 Å². The van der Waals surface area contributed by atoms with Crippen molar-refractivity contribution in [2.45, 2.75) is 26.2 Å². The first kappa shape index (κ1) is 26.6. The Labute approximate surface area is 243 Å². The summed E-state index contributed by atoms with van der Waals surface area (Å²) in [4.78, 5) is 8.97. The molecule has 2 aliphatic rings. The van der Waals surface area contributed by atoms with Gasteiger partial charge in [0, 0.05) is 55.7 Å². The van der Waals surface area contributed by atoms with Crippen molar-refractivity contribution in [3.63, 3.8) is 0 Å². The molecular weight excluding hydrogens is 657 g/mol. The van der Waals surface area contributed by atoms with E-state index in [1.807, 2.05) is 67.3 Å². The van der Waals surface area contributed by atoms with Crippen molar-refractivity contribution in [3.8, 4) is 22.4 Å². The molecule has 1 radical (unpaired) electrons. The van der Waals surface area contributed by atoms with Gasteiger partial charge in [0.2, 0.25) is 0 Å². The third-order valence-electron chi connectivity index (χ3n) is 7.17. The number of hydrogen-bond acceptors (Lipinski definition) is 2. The van der Waals surface area contributed by atoms with Crippen LogP contribution in [-0.2, 0) is 25.5 Å². The van der Waals surface area contributed by atoms with Crippen LogP contribution in [0.4, 0.5) is 17.1 Å². The van der Waals surface area contributed by atoms with E-state index in [0.717, 1.165) is 34.0 Å². The van der Waals surface area contributed by atoms with Crippen LogP contribution in [0.15, 0.2) is 97.3 Å². The van der Waals surface area contributed by atoms with Crippen LogP contribution < -0.4 is 4.58 Å². The average molecular weight is 685 g/mol. The van der Waals surface area contributed by atoms with Gasteiger partial charge in [-0.2, -0.15) is 6.07 Å². The van der Waals surface area contributed by atoms with E-state index < -0.39 is 0 Å². The van der Waals surface area contributed by atoms with Crippen LogP contribution in [0.1, 0.15) is 30.7 Å². The molecule has 193 valence electrons. The molecule has 3 aromatic carbocycles. The number of para-hydroxylation sites is 2. The Hall–Kier alpha value is -4.01. The molecule has 0 saturated carbocycles. The molecule has 0 bridgehead atoms. The molecule has 3 heterocycles. The zero-order chi connectivity index (χ0) is 26.3. The minimum absolute atomic E-state index is 0. The van der Waals surface area contributed by atoms with E-state index in [1.165, 1.54) is 22.3 Å². The third kappa shape index (κ3) is 4.82. The van der Waals surface area contributed by atoms with Crippen LogP contribution >= 0.6 is 0 Å². The van der Waals surface area contributed by atoms with Crippen molar-refractivity contribution in [1.82, 2.24) is 14.5 Å². The first-order chi connectivity index (χ1) is 18.4. The number of pyridine rings is 2. The minimum atomic E-state index is -0.110. The molecule has 0 spiro atoms. The summed E-state index contributed by atoms with van der Waals surface area (Å²) in [6.45, 7) is 6.52. The van der Waals surface area contributed by atoms with Crippen molar-refractivity contribution in [2.24, 2.45) is 0 Å². The first-order valence-electron chi connectivity index (χ1n) is 12.7. The van der Waals surface area contributed by atoms with Crippen molar-refractivity contribution < 1.29 is 24.7 Å². The number of hydrogen-bond donors (Lipinski definition) is 0. The smallest absolute Gasteiger partial charge is 0.304 e. The molecule has 4 nitrogen and oxygen atoms in total. The number of benzene rings is 3. The molecule has 39 heavy (non-hydrogen) atoms. The molecule has 0 saturated heterocycles. The SMILES string of the molecule is C[N+]1=C=[N+](c2[c-]cc3c(c2)C(C)(C)c2ncccc2-3)c2ccccc21.Cc1ccc(-c2[c-]cccc2)nc1.[Ir]. The maximum Gasteiger partial charge on any atom is 0.494 e. The predicted octanol–water partition coefficient (Wildman–Crippen LogP) is 7.34. The van der Waals surface area contributed by atoms with Gasteiger partial charge in [0.1, 0.15) is 5.69 Å². The van der Waals surface area contributed by atoms with Crippen molar-refractivity contribution in [2.75, 3.05) is 7.05 Å². The minimum Gasteiger partial charge on any atom is -0.304 e. The maximum atomic E-state index is 4.65. The van der Waals surface area contributed by atoms with Gasteiger partial charge < -0.3 is 4.98 Å². The quantitative estimate of drug-likeness (QED) is 0.144. The second-order valence-corrected chi connectivity index (χ2v) is 10.2. The number of rotatable bonds is 2. The molecule has 0 amide bonds. The molecule has 5 heteroatoms. The number of aryl methyl sites for hydroxylation is 1. The summed E-state index contributed by atoms with van der Waals surface area (Å²) in [5.41, 5.74) is 11.3. The van der Waals surface area contributed by atoms with Gasteiger partial charge >= 0.3 is 6.01 Å². The summed E-state index contributed by atoms with van der Waals surface area (Å²) < 4.78 is 4.11. The number of aromatic nitrogens is 2. The fraction of sp³-hybridized carbons (Fsp3) is 0.147.